The maximum atomic E-state index is 4.83. The van der Waals surface area contributed by atoms with Crippen LogP contribution in [0.3, 0.4) is 0 Å². The van der Waals surface area contributed by atoms with Gasteiger partial charge in [0.05, 0.1) is 18.3 Å². The smallest absolute Gasteiger partial charge is 0.195 e. The van der Waals surface area contributed by atoms with Crippen molar-refractivity contribution in [3.63, 3.8) is 0 Å². The molecule has 1 unspecified atom stereocenters. The molecule has 0 aromatic carbocycles. The molecule has 4 heterocycles. The molecule has 1 radical (unpaired) electrons. The standard InChI is InChI=1S/C18H21BBrN4S/c1-10(2)5-6-12-15(20)16-14(19-12)18(22-8-11-4-3-7-25-11)24-17(23-16)13-9-21-13/h3-4,7,10,13,21H,5-6,8-9H2,1-2H3,(H,22,23,24). The minimum Gasteiger partial charge on any atom is -0.366 e. The van der Waals surface area contributed by atoms with E-state index >= 15 is 0 Å². The second-order valence-electron chi connectivity index (χ2n) is 7.00. The van der Waals surface area contributed by atoms with Crippen LogP contribution in [0, 0.1) is 5.92 Å². The van der Waals surface area contributed by atoms with E-state index in [-0.39, 0.29) is 0 Å². The van der Waals surface area contributed by atoms with Crippen molar-refractivity contribution in [2.24, 2.45) is 5.92 Å². The fourth-order valence-corrected chi connectivity index (χ4v) is 4.18. The van der Waals surface area contributed by atoms with Crippen molar-refractivity contribution in [3.8, 4) is 0 Å². The summed E-state index contributed by atoms with van der Waals surface area (Å²) in [6.07, 6.45) is 2.24. The van der Waals surface area contributed by atoms with Gasteiger partial charge in [0.1, 0.15) is 11.6 Å². The van der Waals surface area contributed by atoms with Crippen molar-refractivity contribution in [2.45, 2.75) is 39.3 Å². The number of aromatic nitrogens is 2. The topological polar surface area (TPSA) is 59.8 Å². The van der Waals surface area contributed by atoms with Gasteiger partial charge in [-0.25, -0.2) is 9.97 Å². The number of allylic oxidation sites excluding steroid dienone is 1. The van der Waals surface area contributed by atoms with E-state index in [2.05, 4.69) is 65.2 Å². The maximum Gasteiger partial charge on any atom is 0.195 e. The van der Waals surface area contributed by atoms with Crippen LogP contribution in [-0.2, 0) is 6.54 Å². The molecule has 2 N–H and O–H groups in total. The minimum atomic E-state index is 0.299. The number of thiophene rings is 1. The van der Waals surface area contributed by atoms with Crippen LogP contribution in [0.15, 0.2) is 23.0 Å². The number of fused-ring (bicyclic) bond motifs is 1. The molecule has 0 saturated carbocycles. The number of nitrogens with zero attached hydrogens (tertiary/aromatic N) is 2. The molecule has 0 bridgehead atoms. The molecule has 2 aromatic heterocycles. The summed E-state index contributed by atoms with van der Waals surface area (Å²) in [4.78, 5) is 11.0. The Kier molecular flexibility index (Phi) is 4.98. The van der Waals surface area contributed by atoms with Crippen molar-refractivity contribution < 1.29 is 0 Å². The van der Waals surface area contributed by atoms with Gasteiger partial charge in [-0.3, -0.25) is 0 Å². The predicted octanol–water partition coefficient (Wildman–Crippen LogP) is 3.64. The normalized spacial score (nSPS) is 18.5. The second-order valence-corrected chi connectivity index (χ2v) is 8.83. The molecule has 4 rings (SSSR count). The van der Waals surface area contributed by atoms with E-state index in [1.54, 1.807) is 11.3 Å². The Bertz CT molecular complexity index is 800. The molecule has 4 nitrogen and oxygen atoms in total. The third kappa shape index (κ3) is 3.83. The highest BCUT2D eigenvalue weighted by Crippen LogP contribution is 2.33. The van der Waals surface area contributed by atoms with Gasteiger partial charge in [-0.15, -0.1) is 11.3 Å². The zero-order valence-corrected chi connectivity index (χ0v) is 16.9. The fourth-order valence-electron chi connectivity index (χ4n) is 2.92. The molecule has 129 valence electrons. The van der Waals surface area contributed by atoms with Crippen molar-refractivity contribution in [1.29, 1.82) is 0 Å². The molecule has 2 aliphatic rings. The summed E-state index contributed by atoms with van der Waals surface area (Å²) < 4.78 is 1.13. The Morgan fingerprint density at radius 3 is 2.96 bits per heavy atom. The average molecular weight is 416 g/mol. The summed E-state index contributed by atoms with van der Waals surface area (Å²) in [5.41, 5.74) is 3.48. The highest BCUT2D eigenvalue weighted by Gasteiger charge is 2.31. The third-order valence-electron chi connectivity index (χ3n) is 4.49. The lowest BCUT2D eigenvalue weighted by Gasteiger charge is -2.12. The highest BCUT2D eigenvalue weighted by molar-refractivity contribution is 9.15. The van der Waals surface area contributed by atoms with Crippen LogP contribution in [0.2, 0.25) is 0 Å². The first-order chi connectivity index (χ1) is 12.1. The van der Waals surface area contributed by atoms with E-state index in [0.29, 0.717) is 12.0 Å². The lowest BCUT2D eigenvalue weighted by molar-refractivity contribution is 0.592. The molecule has 25 heavy (non-hydrogen) atoms. The summed E-state index contributed by atoms with van der Waals surface area (Å²) >= 11 is 5.56. The van der Waals surface area contributed by atoms with Gasteiger partial charge in [-0.05, 0) is 51.6 Å². The van der Waals surface area contributed by atoms with E-state index in [9.17, 15) is 0 Å². The van der Waals surface area contributed by atoms with Gasteiger partial charge in [0.2, 0.25) is 0 Å². The number of hydrogen-bond donors (Lipinski definition) is 2. The van der Waals surface area contributed by atoms with Gasteiger partial charge in [0, 0.05) is 15.9 Å². The Hall–Kier alpha value is -1.18. The van der Waals surface area contributed by atoms with E-state index in [4.69, 9.17) is 9.97 Å². The molecule has 0 spiro atoms. The molecule has 0 amide bonds. The monoisotopic (exact) mass is 415 g/mol. The van der Waals surface area contributed by atoms with Crippen LogP contribution in [0.4, 0.5) is 5.82 Å². The van der Waals surface area contributed by atoms with Crippen molar-refractivity contribution in [2.75, 3.05) is 11.9 Å². The van der Waals surface area contributed by atoms with Crippen LogP contribution in [0.25, 0.3) is 4.48 Å². The fraction of sp³-hybridized carbons (Fsp3) is 0.444. The highest BCUT2D eigenvalue weighted by atomic mass is 79.9. The van der Waals surface area contributed by atoms with Crippen molar-refractivity contribution >= 4 is 50.3 Å². The molecule has 2 aromatic rings. The molecule has 0 aliphatic carbocycles. The first-order valence-corrected chi connectivity index (χ1v) is 10.4. The largest absolute Gasteiger partial charge is 0.366 e. The number of halogens is 1. The van der Waals surface area contributed by atoms with E-state index in [0.717, 1.165) is 46.8 Å². The van der Waals surface area contributed by atoms with Gasteiger partial charge in [-0.1, -0.05) is 25.4 Å². The van der Waals surface area contributed by atoms with Crippen LogP contribution in [0.5, 0.6) is 0 Å². The second kappa shape index (κ2) is 7.21. The summed E-state index contributed by atoms with van der Waals surface area (Å²) in [5.74, 6) is 2.53. The van der Waals surface area contributed by atoms with Gasteiger partial charge in [-0.2, -0.15) is 0 Å². The van der Waals surface area contributed by atoms with Crippen LogP contribution in [-0.4, -0.2) is 23.8 Å². The van der Waals surface area contributed by atoms with Gasteiger partial charge in [0.25, 0.3) is 0 Å². The number of rotatable bonds is 7. The third-order valence-corrected chi connectivity index (χ3v) is 6.25. The Morgan fingerprint density at radius 2 is 2.28 bits per heavy atom. The van der Waals surface area contributed by atoms with Crippen LogP contribution < -0.4 is 16.1 Å². The molecule has 7 heteroatoms. The first kappa shape index (κ1) is 17.2. The average Bonchev–Trinajstić information content (AvgIpc) is 3.22. The molecular weight excluding hydrogens is 395 g/mol. The zero-order valence-electron chi connectivity index (χ0n) is 14.5. The SMILES string of the molecule is CC(C)CCC1=C(Br)c2nc(C3CN3)nc(NCc3cccs3)c2[B]1. The van der Waals surface area contributed by atoms with Crippen LogP contribution >= 0.6 is 27.3 Å². The number of hydrogen-bond acceptors (Lipinski definition) is 5. The lowest BCUT2D eigenvalue weighted by Crippen LogP contribution is -2.24. The summed E-state index contributed by atoms with van der Waals surface area (Å²) in [7, 11) is 2.25. The zero-order chi connectivity index (χ0) is 17.4. The van der Waals surface area contributed by atoms with E-state index < -0.39 is 0 Å². The molecule has 1 saturated heterocycles. The van der Waals surface area contributed by atoms with Crippen LogP contribution in [0.1, 0.15) is 49.1 Å². The minimum absolute atomic E-state index is 0.299. The summed E-state index contributed by atoms with van der Waals surface area (Å²) in [6.45, 7) is 6.29. The predicted molar refractivity (Wildman–Crippen MR) is 110 cm³/mol. The summed E-state index contributed by atoms with van der Waals surface area (Å²) in [6, 6.07) is 4.53. The Morgan fingerprint density at radius 1 is 1.44 bits per heavy atom. The molecule has 1 atom stereocenters. The number of anilines is 1. The molecule has 2 aliphatic heterocycles. The Labute approximate surface area is 161 Å². The first-order valence-electron chi connectivity index (χ1n) is 8.77. The molecule has 1 fully saturated rings. The summed E-state index contributed by atoms with van der Waals surface area (Å²) in [5, 5.41) is 8.95. The van der Waals surface area contributed by atoms with E-state index in [1.165, 1.54) is 16.8 Å². The van der Waals surface area contributed by atoms with Gasteiger partial charge < -0.3 is 10.6 Å². The quantitative estimate of drug-likeness (QED) is 0.535. The van der Waals surface area contributed by atoms with Crippen molar-refractivity contribution in [3.05, 3.63) is 39.4 Å². The Balaban J connectivity index is 1.61. The van der Waals surface area contributed by atoms with E-state index in [1.807, 2.05) is 0 Å². The van der Waals surface area contributed by atoms with Crippen molar-refractivity contribution in [1.82, 2.24) is 15.3 Å². The van der Waals surface area contributed by atoms with Gasteiger partial charge >= 0.3 is 0 Å². The molecular formula is C18H21BBrN4S. The van der Waals surface area contributed by atoms with Gasteiger partial charge in [0.15, 0.2) is 7.28 Å². The maximum absolute atomic E-state index is 4.83. The lowest BCUT2D eigenvalue weighted by atomic mass is 9.65. The number of nitrogens with one attached hydrogen (secondary N) is 2.